The number of hydrogen-bond acceptors (Lipinski definition) is 4. The summed E-state index contributed by atoms with van der Waals surface area (Å²) in [6, 6.07) is 18.0. The molecule has 2 aromatic carbocycles. The first-order chi connectivity index (χ1) is 12.7. The first kappa shape index (κ1) is 19.5. The summed E-state index contributed by atoms with van der Waals surface area (Å²) in [6.45, 7) is 0.992. The van der Waals surface area contributed by atoms with Crippen LogP contribution in [0.2, 0.25) is 0 Å². The van der Waals surface area contributed by atoms with E-state index in [4.69, 9.17) is 15.2 Å². The maximum absolute atomic E-state index is 12.4. The zero-order valence-corrected chi connectivity index (χ0v) is 15.9. The number of fused-ring (bicyclic) bond motifs is 1. The minimum Gasteiger partial charge on any atom is -0.486 e. The molecule has 0 spiro atoms. The Morgan fingerprint density at radius 1 is 1.07 bits per heavy atom. The van der Waals surface area contributed by atoms with Crippen LogP contribution in [-0.2, 0) is 10.2 Å². The van der Waals surface area contributed by atoms with E-state index in [1.165, 1.54) is 5.56 Å². The van der Waals surface area contributed by atoms with E-state index >= 15 is 0 Å². The molecule has 1 atom stereocenters. The van der Waals surface area contributed by atoms with E-state index in [0.29, 0.717) is 25.3 Å². The number of ether oxygens (including phenoxy) is 2. The zero-order chi connectivity index (χ0) is 18.0. The number of rotatable bonds is 5. The van der Waals surface area contributed by atoms with Crippen molar-refractivity contribution in [3.05, 3.63) is 60.2 Å². The minimum absolute atomic E-state index is 0. The van der Waals surface area contributed by atoms with Crippen LogP contribution in [0.15, 0.2) is 54.6 Å². The number of benzene rings is 2. The predicted molar refractivity (Wildman–Crippen MR) is 107 cm³/mol. The first-order valence-electron chi connectivity index (χ1n) is 9.12. The van der Waals surface area contributed by atoms with E-state index in [0.717, 1.165) is 18.6 Å². The fourth-order valence-corrected chi connectivity index (χ4v) is 3.95. The van der Waals surface area contributed by atoms with Gasteiger partial charge in [0.25, 0.3) is 0 Å². The van der Waals surface area contributed by atoms with E-state index in [1.54, 1.807) is 0 Å². The summed E-state index contributed by atoms with van der Waals surface area (Å²) < 4.78 is 11.5. The topological polar surface area (TPSA) is 73.6 Å². The zero-order valence-electron chi connectivity index (χ0n) is 15.1. The second kappa shape index (κ2) is 8.19. The predicted octanol–water partition coefficient (Wildman–Crippen LogP) is 2.81. The number of hydrogen-bond donors (Lipinski definition) is 2. The van der Waals surface area contributed by atoms with E-state index in [1.807, 2.05) is 42.5 Å². The van der Waals surface area contributed by atoms with Crippen LogP contribution in [0.25, 0.3) is 0 Å². The summed E-state index contributed by atoms with van der Waals surface area (Å²) in [6.07, 6.45) is 1.80. The third-order valence-corrected chi connectivity index (χ3v) is 5.40. The molecular formula is C21H25ClN2O3. The minimum atomic E-state index is -0.252. The lowest BCUT2D eigenvalue weighted by Crippen LogP contribution is -2.56. The maximum atomic E-state index is 12.4. The normalized spacial score (nSPS) is 25.7. The van der Waals surface area contributed by atoms with E-state index in [2.05, 4.69) is 17.4 Å². The van der Waals surface area contributed by atoms with Crippen LogP contribution >= 0.6 is 12.4 Å². The van der Waals surface area contributed by atoms with Crippen LogP contribution in [0, 0.1) is 0 Å². The van der Waals surface area contributed by atoms with Gasteiger partial charge in [0.05, 0.1) is 6.42 Å². The lowest BCUT2D eigenvalue weighted by molar-refractivity contribution is -0.125. The number of carbonyl (C=O) groups is 1. The Hall–Kier alpha value is -2.24. The third-order valence-electron chi connectivity index (χ3n) is 5.40. The highest BCUT2D eigenvalue weighted by Crippen LogP contribution is 2.43. The highest BCUT2D eigenvalue weighted by atomic mass is 35.5. The van der Waals surface area contributed by atoms with Crippen molar-refractivity contribution in [3.63, 3.8) is 0 Å². The average Bonchev–Trinajstić information content (AvgIpc) is 2.65. The number of halogens is 1. The fourth-order valence-electron chi connectivity index (χ4n) is 3.95. The van der Waals surface area contributed by atoms with Crippen molar-refractivity contribution in [1.82, 2.24) is 5.32 Å². The molecule has 6 heteroatoms. The Labute approximate surface area is 165 Å². The molecule has 5 nitrogen and oxygen atoms in total. The van der Waals surface area contributed by atoms with E-state index < -0.39 is 0 Å². The van der Waals surface area contributed by atoms with Gasteiger partial charge in [-0.1, -0.05) is 42.5 Å². The van der Waals surface area contributed by atoms with Gasteiger partial charge in [0.2, 0.25) is 5.91 Å². The van der Waals surface area contributed by atoms with Crippen molar-refractivity contribution >= 4 is 18.3 Å². The highest BCUT2D eigenvalue weighted by Gasteiger charge is 2.45. The number of nitrogens with two attached hydrogens (primary N) is 1. The lowest BCUT2D eigenvalue weighted by atomic mass is 9.61. The molecule has 1 aliphatic carbocycles. The smallest absolute Gasteiger partial charge is 0.224 e. The van der Waals surface area contributed by atoms with Crippen molar-refractivity contribution in [1.29, 1.82) is 0 Å². The van der Waals surface area contributed by atoms with Gasteiger partial charge in [-0.2, -0.15) is 0 Å². The lowest BCUT2D eigenvalue weighted by Gasteiger charge is -2.48. The Morgan fingerprint density at radius 2 is 1.74 bits per heavy atom. The molecule has 144 valence electrons. The van der Waals surface area contributed by atoms with Crippen LogP contribution in [0.3, 0.4) is 0 Å². The molecule has 4 rings (SSSR count). The van der Waals surface area contributed by atoms with Crippen molar-refractivity contribution < 1.29 is 14.3 Å². The average molecular weight is 389 g/mol. The van der Waals surface area contributed by atoms with Gasteiger partial charge < -0.3 is 20.5 Å². The van der Waals surface area contributed by atoms with Crippen LogP contribution in [0.1, 0.15) is 24.8 Å². The number of nitrogens with one attached hydrogen (secondary N) is 1. The highest BCUT2D eigenvalue weighted by molar-refractivity contribution is 5.85. The molecule has 3 N–H and O–H groups in total. The molecule has 1 saturated carbocycles. The van der Waals surface area contributed by atoms with Crippen molar-refractivity contribution in [2.24, 2.45) is 5.73 Å². The largest absolute Gasteiger partial charge is 0.486 e. The van der Waals surface area contributed by atoms with E-state index in [-0.39, 0.29) is 35.9 Å². The molecule has 1 heterocycles. The molecule has 2 aromatic rings. The van der Waals surface area contributed by atoms with Crippen LogP contribution in [0.4, 0.5) is 0 Å². The molecule has 0 bridgehead atoms. The Kier molecular flexibility index (Phi) is 5.92. The Balaban J connectivity index is 0.00000210. The van der Waals surface area contributed by atoms with Gasteiger partial charge in [-0.25, -0.2) is 0 Å². The van der Waals surface area contributed by atoms with Gasteiger partial charge in [-0.15, -0.1) is 12.4 Å². The standard InChI is InChI=1S/C21H24N2O3.ClH/c22-14-21(15-6-2-1-3-7-15)11-16(12-21)23-20(24)10-17-13-25-18-8-4-5-9-19(18)26-17;/h1-9,16-17H,10-14,22H2,(H,23,24);1H/t16?,17-,21?;/m0./s1. The fraction of sp³-hybridized carbons (Fsp3) is 0.381. The van der Waals surface area contributed by atoms with Crippen molar-refractivity contribution in [2.75, 3.05) is 13.2 Å². The second-order valence-corrected chi connectivity index (χ2v) is 7.22. The van der Waals surface area contributed by atoms with E-state index in [9.17, 15) is 4.79 Å². The van der Waals surface area contributed by atoms with Gasteiger partial charge >= 0.3 is 0 Å². The van der Waals surface area contributed by atoms with Gasteiger partial charge in [0, 0.05) is 18.0 Å². The third kappa shape index (κ3) is 4.04. The molecule has 27 heavy (non-hydrogen) atoms. The van der Waals surface area contributed by atoms with Crippen LogP contribution in [0.5, 0.6) is 11.5 Å². The molecule has 1 amide bonds. The number of amides is 1. The summed E-state index contributed by atoms with van der Waals surface area (Å²) in [5.74, 6) is 1.44. The molecule has 1 fully saturated rings. The monoisotopic (exact) mass is 388 g/mol. The molecular weight excluding hydrogens is 364 g/mol. The van der Waals surface area contributed by atoms with Gasteiger partial charge in [-0.3, -0.25) is 4.79 Å². The molecule has 2 aliphatic rings. The number of carbonyl (C=O) groups excluding carboxylic acids is 1. The summed E-state index contributed by atoms with van der Waals surface area (Å²) in [5, 5.41) is 3.12. The van der Waals surface area contributed by atoms with Gasteiger partial charge in [0.1, 0.15) is 12.7 Å². The maximum Gasteiger partial charge on any atom is 0.224 e. The molecule has 1 aliphatic heterocycles. The summed E-state index contributed by atoms with van der Waals surface area (Å²) >= 11 is 0. The summed E-state index contributed by atoms with van der Waals surface area (Å²) in [5.41, 5.74) is 7.29. The quantitative estimate of drug-likeness (QED) is 0.826. The Morgan fingerprint density at radius 3 is 2.44 bits per heavy atom. The molecule has 0 saturated heterocycles. The SMILES string of the molecule is Cl.NCC1(c2ccccc2)CC(NC(=O)C[C@H]2COc3ccccc3O2)C1. The molecule has 0 unspecified atom stereocenters. The summed E-state index contributed by atoms with van der Waals surface area (Å²) in [4.78, 5) is 12.4. The first-order valence-corrected chi connectivity index (χ1v) is 9.12. The second-order valence-electron chi connectivity index (χ2n) is 7.22. The Bertz CT molecular complexity index is 778. The van der Waals surface area contributed by atoms with Crippen LogP contribution < -0.4 is 20.5 Å². The van der Waals surface area contributed by atoms with Crippen molar-refractivity contribution in [2.45, 2.75) is 36.8 Å². The number of para-hydroxylation sites is 2. The van der Waals surface area contributed by atoms with Crippen molar-refractivity contribution in [3.8, 4) is 11.5 Å². The van der Waals surface area contributed by atoms with Gasteiger partial charge in [0.15, 0.2) is 11.5 Å². The molecule has 0 aromatic heterocycles. The molecule has 0 radical (unpaired) electrons. The van der Waals surface area contributed by atoms with Crippen LogP contribution in [-0.4, -0.2) is 31.2 Å². The summed E-state index contributed by atoms with van der Waals surface area (Å²) in [7, 11) is 0. The van der Waals surface area contributed by atoms with Gasteiger partial charge in [-0.05, 0) is 30.5 Å².